The molecule has 0 saturated carbocycles. The van der Waals surface area contributed by atoms with Gasteiger partial charge in [-0.2, -0.15) is 0 Å². The molecule has 1 aromatic heterocycles. The van der Waals surface area contributed by atoms with Crippen molar-refractivity contribution >= 4 is 11.6 Å². The smallest absolute Gasteiger partial charge is 0.257 e. The third-order valence-electron chi connectivity index (χ3n) is 3.51. The van der Waals surface area contributed by atoms with Crippen LogP contribution in [0.2, 0.25) is 0 Å². The topological polar surface area (TPSA) is 45.2 Å². The van der Waals surface area contributed by atoms with Crippen LogP contribution in [0.3, 0.4) is 0 Å². The number of carbonyl (C=O) groups excluding carboxylic acids is 1. The number of hydrogen-bond acceptors (Lipinski definition) is 3. The Bertz CT molecular complexity index is 418. The Morgan fingerprint density at radius 1 is 1.42 bits per heavy atom. The summed E-state index contributed by atoms with van der Waals surface area (Å²) in [4.78, 5) is 18.4. The molecule has 106 valence electrons. The number of rotatable bonds is 6. The Morgan fingerprint density at radius 3 is 2.68 bits per heavy atom. The maximum atomic E-state index is 12.5. The van der Waals surface area contributed by atoms with E-state index in [9.17, 15) is 4.79 Å². The second kappa shape index (κ2) is 7.12. The minimum atomic E-state index is 0.0212. The molecule has 4 heteroatoms. The molecule has 0 spiro atoms. The van der Waals surface area contributed by atoms with Crippen molar-refractivity contribution in [3.05, 3.63) is 24.0 Å². The lowest BCUT2D eigenvalue weighted by molar-refractivity contribution is 0.0707. The van der Waals surface area contributed by atoms with E-state index < -0.39 is 0 Å². The van der Waals surface area contributed by atoms with Crippen LogP contribution >= 0.6 is 0 Å². The Hall–Kier alpha value is -1.58. The Morgan fingerprint density at radius 2 is 2.11 bits per heavy atom. The Balaban J connectivity index is 2.92. The number of hydrogen-bond donors (Lipinski definition) is 1. The molecule has 0 aromatic carbocycles. The first kappa shape index (κ1) is 15.5. The fourth-order valence-corrected chi connectivity index (χ4v) is 1.80. The Labute approximate surface area is 116 Å². The van der Waals surface area contributed by atoms with Gasteiger partial charge in [0.25, 0.3) is 5.91 Å². The largest absolute Gasteiger partial charge is 0.384 e. The van der Waals surface area contributed by atoms with Gasteiger partial charge in [-0.05, 0) is 25.3 Å². The lowest BCUT2D eigenvalue weighted by Crippen LogP contribution is -2.38. The zero-order valence-electron chi connectivity index (χ0n) is 12.6. The molecule has 0 bridgehead atoms. The summed E-state index contributed by atoms with van der Waals surface area (Å²) in [5.41, 5.74) is 1.51. The second-order valence-electron chi connectivity index (χ2n) is 5.25. The molecule has 0 aliphatic rings. The number of aromatic nitrogens is 1. The van der Waals surface area contributed by atoms with Gasteiger partial charge in [-0.1, -0.05) is 20.8 Å². The highest BCUT2D eigenvalue weighted by Gasteiger charge is 2.22. The van der Waals surface area contributed by atoms with Crippen LogP contribution in [0.4, 0.5) is 5.69 Å². The predicted octanol–water partition coefficient (Wildman–Crippen LogP) is 3.02. The monoisotopic (exact) mass is 263 g/mol. The van der Waals surface area contributed by atoms with Gasteiger partial charge in [0.05, 0.1) is 11.3 Å². The van der Waals surface area contributed by atoms with Crippen molar-refractivity contribution in [2.75, 3.05) is 18.9 Å². The summed E-state index contributed by atoms with van der Waals surface area (Å²) in [6, 6.07) is 2.06. The zero-order valence-corrected chi connectivity index (χ0v) is 12.6. The third-order valence-corrected chi connectivity index (χ3v) is 3.51. The molecule has 0 fully saturated rings. The van der Waals surface area contributed by atoms with E-state index in [1.807, 2.05) is 13.1 Å². The van der Waals surface area contributed by atoms with Gasteiger partial charge in [0.1, 0.15) is 0 Å². The number of carbonyl (C=O) groups is 1. The minimum absolute atomic E-state index is 0.0212. The summed E-state index contributed by atoms with van der Waals surface area (Å²) in [6.45, 7) is 9.26. The van der Waals surface area contributed by atoms with E-state index in [1.54, 1.807) is 17.3 Å². The second-order valence-corrected chi connectivity index (χ2v) is 5.25. The molecule has 0 aliphatic heterocycles. The standard InChI is InChI=1S/C15H25N3O/c1-6-8-17-14-7-9-16-10-13(14)15(19)18(5)12(4)11(2)3/h7,9-12H,6,8H2,1-5H3,(H,16,17). The van der Waals surface area contributed by atoms with Gasteiger partial charge in [-0.3, -0.25) is 9.78 Å². The van der Waals surface area contributed by atoms with Crippen LogP contribution in [0, 0.1) is 5.92 Å². The minimum Gasteiger partial charge on any atom is -0.384 e. The number of amides is 1. The predicted molar refractivity (Wildman–Crippen MR) is 79.4 cm³/mol. The highest BCUT2D eigenvalue weighted by molar-refractivity contribution is 5.99. The summed E-state index contributed by atoms with van der Waals surface area (Å²) in [7, 11) is 1.85. The van der Waals surface area contributed by atoms with Gasteiger partial charge >= 0.3 is 0 Å². The molecular formula is C15H25N3O. The van der Waals surface area contributed by atoms with Gasteiger partial charge in [0, 0.05) is 32.0 Å². The third kappa shape index (κ3) is 3.94. The summed E-state index contributed by atoms with van der Waals surface area (Å²) < 4.78 is 0. The molecule has 1 rings (SSSR count). The molecule has 0 aliphatic carbocycles. The average molecular weight is 263 g/mol. The molecule has 1 unspecified atom stereocenters. The van der Waals surface area contributed by atoms with Gasteiger partial charge in [-0.25, -0.2) is 0 Å². The maximum absolute atomic E-state index is 12.5. The SMILES string of the molecule is CCCNc1ccncc1C(=O)N(C)C(C)C(C)C. The number of anilines is 1. The van der Waals surface area contributed by atoms with Crippen LogP contribution in [-0.2, 0) is 0 Å². The van der Waals surface area contributed by atoms with Crippen molar-refractivity contribution in [3.63, 3.8) is 0 Å². The molecule has 19 heavy (non-hydrogen) atoms. The summed E-state index contributed by atoms with van der Waals surface area (Å²) in [6.07, 6.45) is 4.37. The molecular weight excluding hydrogens is 238 g/mol. The number of nitrogens with zero attached hydrogens (tertiary/aromatic N) is 2. The fraction of sp³-hybridized carbons (Fsp3) is 0.600. The van der Waals surface area contributed by atoms with Gasteiger partial charge in [-0.15, -0.1) is 0 Å². The average Bonchev–Trinajstić information content (AvgIpc) is 2.42. The molecule has 1 atom stereocenters. The first-order valence-electron chi connectivity index (χ1n) is 6.94. The normalized spacial score (nSPS) is 12.3. The van der Waals surface area contributed by atoms with E-state index in [4.69, 9.17) is 0 Å². The van der Waals surface area contributed by atoms with E-state index in [2.05, 4.69) is 38.0 Å². The number of pyridine rings is 1. The van der Waals surface area contributed by atoms with Crippen LogP contribution in [0.5, 0.6) is 0 Å². The zero-order chi connectivity index (χ0) is 14.4. The quantitative estimate of drug-likeness (QED) is 0.858. The van der Waals surface area contributed by atoms with Crippen molar-refractivity contribution < 1.29 is 4.79 Å². The molecule has 1 N–H and O–H groups in total. The van der Waals surface area contributed by atoms with Crippen molar-refractivity contribution in [2.45, 2.75) is 40.2 Å². The van der Waals surface area contributed by atoms with Crippen molar-refractivity contribution in [1.82, 2.24) is 9.88 Å². The highest BCUT2D eigenvalue weighted by Crippen LogP contribution is 2.18. The summed E-state index contributed by atoms with van der Waals surface area (Å²) in [5, 5.41) is 3.28. The number of nitrogens with one attached hydrogen (secondary N) is 1. The van der Waals surface area contributed by atoms with E-state index in [0.29, 0.717) is 11.5 Å². The van der Waals surface area contributed by atoms with Gasteiger partial charge in [0.2, 0.25) is 0 Å². The van der Waals surface area contributed by atoms with Crippen LogP contribution in [0.25, 0.3) is 0 Å². The van der Waals surface area contributed by atoms with Crippen molar-refractivity contribution in [2.24, 2.45) is 5.92 Å². The van der Waals surface area contributed by atoms with Crippen LogP contribution < -0.4 is 5.32 Å². The molecule has 1 amide bonds. The van der Waals surface area contributed by atoms with E-state index >= 15 is 0 Å². The van der Waals surface area contributed by atoms with Crippen molar-refractivity contribution in [1.29, 1.82) is 0 Å². The summed E-state index contributed by atoms with van der Waals surface area (Å²) in [5.74, 6) is 0.450. The van der Waals surface area contributed by atoms with E-state index in [-0.39, 0.29) is 11.9 Å². The molecule has 0 saturated heterocycles. The van der Waals surface area contributed by atoms with Gasteiger partial charge in [0.15, 0.2) is 0 Å². The molecule has 0 radical (unpaired) electrons. The summed E-state index contributed by atoms with van der Waals surface area (Å²) >= 11 is 0. The molecule has 4 nitrogen and oxygen atoms in total. The van der Waals surface area contributed by atoms with Crippen LogP contribution in [0.15, 0.2) is 18.5 Å². The van der Waals surface area contributed by atoms with E-state index in [0.717, 1.165) is 18.7 Å². The molecule has 1 aromatic rings. The Kier molecular flexibility index (Phi) is 5.80. The highest BCUT2D eigenvalue weighted by atomic mass is 16.2. The van der Waals surface area contributed by atoms with E-state index in [1.165, 1.54) is 0 Å². The van der Waals surface area contributed by atoms with Crippen LogP contribution in [-0.4, -0.2) is 35.4 Å². The molecule has 1 heterocycles. The van der Waals surface area contributed by atoms with Gasteiger partial charge < -0.3 is 10.2 Å². The first-order valence-corrected chi connectivity index (χ1v) is 6.94. The van der Waals surface area contributed by atoms with Crippen LogP contribution in [0.1, 0.15) is 44.5 Å². The fourth-order valence-electron chi connectivity index (χ4n) is 1.80. The first-order chi connectivity index (χ1) is 8.99. The lowest BCUT2D eigenvalue weighted by Gasteiger charge is -2.28. The maximum Gasteiger partial charge on any atom is 0.257 e. The lowest BCUT2D eigenvalue weighted by atomic mass is 10.0. The van der Waals surface area contributed by atoms with Crippen molar-refractivity contribution in [3.8, 4) is 0 Å².